The molecule has 134 valence electrons. The minimum Gasteiger partial charge on any atom is -0.493 e. The summed E-state index contributed by atoms with van der Waals surface area (Å²) >= 11 is 0. The molecule has 0 spiro atoms. The number of aliphatic imine (C=N–C) groups is 1. The van der Waals surface area contributed by atoms with Crippen LogP contribution in [0.2, 0.25) is 0 Å². The van der Waals surface area contributed by atoms with Crippen LogP contribution in [0.3, 0.4) is 0 Å². The number of alkyl halides is 2. The van der Waals surface area contributed by atoms with Crippen LogP contribution in [0.4, 0.5) is 14.7 Å². The average Bonchev–Trinajstić information content (AvgIpc) is 2.98. The Morgan fingerprint density at radius 3 is 2.77 bits per heavy atom. The van der Waals surface area contributed by atoms with Gasteiger partial charge in [-0.1, -0.05) is 24.3 Å². The van der Waals surface area contributed by atoms with Crippen molar-refractivity contribution in [3.8, 4) is 11.5 Å². The topological polar surface area (TPSA) is 86.7 Å². The van der Waals surface area contributed by atoms with E-state index in [2.05, 4.69) is 15.3 Å². The van der Waals surface area contributed by atoms with E-state index in [-0.39, 0.29) is 17.5 Å². The number of hydrogen-bond acceptors (Lipinski definition) is 6. The van der Waals surface area contributed by atoms with Crippen LogP contribution in [0.25, 0.3) is 11.0 Å². The van der Waals surface area contributed by atoms with Gasteiger partial charge in [0.15, 0.2) is 23.6 Å². The standard InChI is InChI=1S/C17H15F2N5O2/c1-25-12-8-4-5-9(13(12)26-15(18)19)14-22-16(20)23-17-21-10-6-2-3-7-11(10)24(14)17/h2-8,14-15H,1H3,(H3,20,21,22,23)/t14-/m0/s1. The van der Waals surface area contributed by atoms with Gasteiger partial charge >= 0.3 is 6.61 Å². The summed E-state index contributed by atoms with van der Waals surface area (Å²) in [6.45, 7) is -3.01. The number of halogens is 2. The van der Waals surface area contributed by atoms with E-state index in [1.54, 1.807) is 22.8 Å². The number of imidazole rings is 1. The molecule has 0 saturated carbocycles. The fourth-order valence-electron chi connectivity index (χ4n) is 3.04. The third-order valence-electron chi connectivity index (χ3n) is 4.06. The molecule has 1 aliphatic heterocycles. The first kappa shape index (κ1) is 16.1. The van der Waals surface area contributed by atoms with Crippen molar-refractivity contribution in [2.24, 2.45) is 10.7 Å². The number of rotatable bonds is 4. The maximum Gasteiger partial charge on any atom is 0.387 e. The third-order valence-corrected chi connectivity index (χ3v) is 4.06. The largest absolute Gasteiger partial charge is 0.493 e. The van der Waals surface area contributed by atoms with Gasteiger partial charge in [0, 0.05) is 5.56 Å². The zero-order chi connectivity index (χ0) is 18.3. The van der Waals surface area contributed by atoms with Gasteiger partial charge in [0.2, 0.25) is 5.95 Å². The van der Waals surface area contributed by atoms with Crippen molar-refractivity contribution in [2.45, 2.75) is 12.8 Å². The van der Waals surface area contributed by atoms with Gasteiger partial charge in [-0.05, 0) is 18.2 Å². The van der Waals surface area contributed by atoms with E-state index in [1.165, 1.54) is 7.11 Å². The molecule has 2 aromatic carbocycles. The van der Waals surface area contributed by atoms with Crippen LogP contribution in [-0.2, 0) is 0 Å². The lowest BCUT2D eigenvalue weighted by atomic mass is 10.1. The lowest BCUT2D eigenvalue weighted by Gasteiger charge is -2.25. The van der Waals surface area contributed by atoms with Gasteiger partial charge in [-0.15, -0.1) is 0 Å². The van der Waals surface area contributed by atoms with E-state index in [4.69, 9.17) is 15.2 Å². The second kappa shape index (κ2) is 6.17. The highest BCUT2D eigenvalue weighted by Gasteiger charge is 2.29. The quantitative estimate of drug-likeness (QED) is 0.748. The van der Waals surface area contributed by atoms with Gasteiger partial charge in [-0.25, -0.2) is 9.98 Å². The highest BCUT2D eigenvalue weighted by Crippen LogP contribution is 2.41. The predicted molar refractivity (Wildman–Crippen MR) is 92.7 cm³/mol. The Morgan fingerprint density at radius 2 is 2.00 bits per heavy atom. The van der Waals surface area contributed by atoms with Crippen LogP contribution in [-0.4, -0.2) is 29.2 Å². The van der Waals surface area contributed by atoms with Crippen molar-refractivity contribution in [2.75, 3.05) is 12.4 Å². The zero-order valence-electron chi connectivity index (χ0n) is 13.7. The van der Waals surface area contributed by atoms with Crippen LogP contribution in [0.15, 0.2) is 47.5 Å². The first-order valence-electron chi connectivity index (χ1n) is 7.77. The number of hydrogen-bond donors (Lipinski definition) is 2. The molecule has 0 saturated heterocycles. The van der Waals surface area contributed by atoms with Crippen LogP contribution in [0, 0.1) is 0 Å². The number of fused-ring (bicyclic) bond motifs is 3. The molecule has 9 heteroatoms. The summed E-state index contributed by atoms with van der Waals surface area (Å²) in [5.74, 6) is 0.691. The number of aromatic nitrogens is 2. The van der Waals surface area contributed by atoms with Crippen molar-refractivity contribution in [1.82, 2.24) is 9.55 Å². The number of nitrogens with two attached hydrogens (primary N) is 1. The maximum atomic E-state index is 13.0. The number of para-hydroxylation sites is 3. The molecule has 1 aliphatic rings. The summed E-state index contributed by atoms with van der Waals surface area (Å²) < 4.78 is 37.7. The Hall–Kier alpha value is -3.36. The first-order valence-corrected chi connectivity index (χ1v) is 7.77. The van der Waals surface area contributed by atoms with Gasteiger partial charge < -0.3 is 15.2 Å². The van der Waals surface area contributed by atoms with E-state index in [0.29, 0.717) is 11.5 Å². The summed E-state index contributed by atoms with van der Waals surface area (Å²) in [4.78, 5) is 8.87. The summed E-state index contributed by atoms with van der Waals surface area (Å²) in [6, 6.07) is 12.3. The summed E-state index contributed by atoms with van der Waals surface area (Å²) in [5, 5.41) is 2.90. The molecule has 0 radical (unpaired) electrons. The van der Waals surface area contributed by atoms with Gasteiger partial charge in [0.05, 0.1) is 18.1 Å². The Bertz CT molecular complexity index is 1000. The molecule has 0 fully saturated rings. The molecule has 0 amide bonds. The molecular weight excluding hydrogens is 344 g/mol. The SMILES string of the molecule is COc1cccc([C@H]2N=C(N)Nc3nc4ccccc4n32)c1OC(F)F. The maximum absolute atomic E-state index is 13.0. The van der Waals surface area contributed by atoms with Crippen molar-refractivity contribution in [3.05, 3.63) is 48.0 Å². The van der Waals surface area contributed by atoms with Crippen molar-refractivity contribution in [1.29, 1.82) is 0 Å². The lowest BCUT2D eigenvalue weighted by Crippen LogP contribution is -2.31. The van der Waals surface area contributed by atoms with E-state index >= 15 is 0 Å². The number of nitrogens with one attached hydrogen (secondary N) is 1. The highest BCUT2D eigenvalue weighted by atomic mass is 19.3. The Labute approximate surface area is 147 Å². The lowest BCUT2D eigenvalue weighted by molar-refractivity contribution is -0.0520. The van der Waals surface area contributed by atoms with Gasteiger partial charge in [0.25, 0.3) is 0 Å². The number of nitrogens with zero attached hydrogens (tertiary/aromatic N) is 3. The predicted octanol–water partition coefficient (Wildman–Crippen LogP) is 2.93. The second-order valence-electron chi connectivity index (χ2n) is 5.56. The van der Waals surface area contributed by atoms with Crippen LogP contribution in [0.1, 0.15) is 11.7 Å². The molecule has 0 aliphatic carbocycles. The van der Waals surface area contributed by atoms with Crippen molar-refractivity contribution in [3.63, 3.8) is 0 Å². The summed E-state index contributed by atoms with van der Waals surface area (Å²) in [6.07, 6.45) is -0.734. The summed E-state index contributed by atoms with van der Waals surface area (Å²) in [7, 11) is 1.38. The van der Waals surface area contributed by atoms with E-state index in [0.717, 1.165) is 11.0 Å². The third kappa shape index (κ3) is 2.57. The summed E-state index contributed by atoms with van der Waals surface area (Å²) in [5.41, 5.74) is 7.78. The first-order chi connectivity index (χ1) is 12.6. The van der Waals surface area contributed by atoms with Gasteiger partial charge in [0.1, 0.15) is 0 Å². The Kier molecular flexibility index (Phi) is 3.83. The van der Waals surface area contributed by atoms with Crippen LogP contribution in [0.5, 0.6) is 11.5 Å². The molecule has 1 atom stereocenters. The average molecular weight is 359 g/mol. The fourth-order valence-corrected chi connectivity index (χ4v) is 3.04. The molecule has 26 heavy (non-hydrogen) atoms. The molecule has 0 unspecified atom stereocenters. The van der Waals surface area contributed by atoms with Crippen LogP contribution >= 0.6 is 0 Å². The minimum atomic E-state index is -3.01. The van der Waals surface area contributed by atoms with Crippen LogP contribution < -0.4 is 20.5 Å². The zero-order valence-corrected chi connectivity index (χ0v) is 13.7. The number of guanidine groups is 1. The van der Waals surface area contributed by atoms with E-state index in [1.807, 2.05) is 24.3 Å². The number of anilines is 1. The molecule has 4 rings (SSSR count). The molecule has 0 bridgehead atoms. The molecule has 3 N–H and O–H groups in total. The number of benzene rings is 2. The van der Waals surface area contributed by atoms with Gasteiger partial charge in [-0.3, -0.25) is 9.88 Å². The molecule has 3 aromatic rings. The molecular formula is C17H15F2N5O2. The van der Waals surface area contributed by atoms with Gasteiger partial charge in [-0.2, -0.15) is 8.78 Å². The fraction of sp³-hybridized carbons (Fsp3) is 0.176. The molecule has 7 nitrogen and oxygen atoms in total. The Morgan fingerprint density at radius 1 is 1.19 bits per heavy atom. The number of ether oxygens (including phenoxy) is 2. The van der Waals surface area contributed by atoms with E-state index < -0.39 is 12.8 Å². The second-order valence-corrected chi connectivity index (χ2v) is 5.56. The molecule has 1 aromatic heterocycles. The minimum absolute atomic E-state index is 0.0859. The van der Waals surface area contributed by atoms with Crippen molar-refractivity contribution >= 4 is 22.9 Å². The highest BCUT2D eigenvalue weighted by molar-refractivity contribution is 5.94. The molecule has 2 heterocycles. The monoisotopic (exact) mass is 359 g/mol. The normalized spacial score (nSPS) is 16.2. The smallest absolute Gasteiger partial charge is 0.387 e. The number of methoxy groups -OCH3 is 1. The van der Waals surface area contributed by atoms with Crippen molar-refractivity contribution < 1.29 is 18.3 Å². The van der Waals surface area contributed by atoms with E-state index in [9.17, 15) is 8.78 Å². The Balaban J connectivity index is 1.95.